The van der Waals surface area contributed by atoms with E-state index in [1.807, 2.05) is 19.1 Å². The quantitative estimate of drug-likeness (QED) is 0.625. The zero-order valence-corrected chi connectivity index (χ0v) is 16.6. The Hall–Kier alpha value is -1.39. The number of hydrogen-bond acceptors (Lipinski definition) is 1. The van der Waals surface area contributed by atoms with E-state index in [0.29, 0.717) is 5.92 Å². The Kier molecular flexibility index (Phi) is 7.91. The standard InChI is InChI=1S/C20H35N3O/c1-8-15(2)17-9-11-18(12-10-17)22-19(24)16(3)21-13-20(4,5)14-23(6)7/h9-12,15-16,21H,8,13-14H2,1-7H3,(H,22,24)/p+2/t15-,16+/m0/s1. The van der Waals surface area contributed by atoms with E-state index in [2.05, 4.69) is 64.6 Å². The minimum Gasteiger partial charge on any atom is -0.339 e. The van der Waals surface area contributed by atoms with Crippen LogP contribution < -0.4 is 15.5 Å². The van der Waals surface area contributed by atoms with Crippen LogP contribution in [0, 0.1) is 5.41 Å². The molecule has 1 aromatic carbocycles. The highest BCUT2D eigenvalue weighted by Crippen LogP contribution is 2.20. The fraction of sp³-hybridized carbons (Fsp3) is 0.650. The molecule has 0 bridgehead atoms. The van der Waals surface area contributed by atoms with Gasteiger partial charge in [0.15, 0.2) is 6.04 Å². The van der Waals surface area contributed by atoms with Gasteiger partial charge in [-0.2, -0.15) is 0 Å². The molecule has 136 valence electrons. The molecule has 0 saturated heterocycles. The van der Waals surface area contributed by atoms with Crippen LogP contribution >= 0.6 is 0 Å². The summed E-state index contributed by atoms with van der Waals surface area (Å²) in [5.41, 5.74) is 2.41. The number of nitrogens with one attached hydrogen (secondary N) is 2. The van der Waals surface area contributed by atoms with Crippen LogP contribution in [-0.4, -0.2) is 39.1 Å². The number of benzene rings is 1. The van der Waals surface area contributed by atoms with E-state index in [0.717, 1.165) is 25.2 Å². The Labute approximate surface area is 148 Å². The van der Waals surface area contributed by atoms with E-state index in [4.69, 9.17) is 0 Å². The van der Waals surface area contributed by atoms with Gasteiger partial charge in [0.25, 0.3) is 5.91 Å². The first-order valence-electron chi connectivity index (χ1n) is 9.18. The molecule has 0 spiro atoms. The molecule has 1 rings (SSSR count). The molecule has 0 fully saturated rings. The van der Waals surface area contributed by atoms with Crippen molar-refractivity contribution in [3.63, 3.8) is 0 Å². The zero-order valence-electron chi connectivity index (χ0n) is 16.6. The number of rotatable bonds is 9. The molecule has 0 aliphatic carbocycles. The predicted octanol–water partition coefficient (Wildman–Crippen LogP) is 1.26. The fourth-order valence-electron chi connectivity index (χ4n) is 3.02. The number of anilines is 1. The third-order valence-electron chi connectivity index (χ3n) is 4.63. The predicted molar refractivity (Wildman–Crippen MR) is 101 cm³/mol. The van der Waals surface area contributed by atoms with Crippen molar-refractivity contribution in [3.05, 3.63) is 29.8 Å². The first-order chi connectivity index (χ1) is 11.1. The minimum absolute atomic E-state index is 0.0688. The molecule has 4 heteroatoms. The maximum absolute atomic E-state index is 12.4. The lowest BCUT2D eigenvalue weighted by Gasteiger charge is -2.25. The van der Waals surface area contributed by atoms with Gasteiger partial charge in [-0.05, 0) is 50.8 Å². The van der Waals surface area contributed by atoms with Crippen molar-refractivity contribution in [2.45, 2.75) is 53.0 Å². The van der Waals surface area contributed by atoms with E-state index < -0.39 is 0 Å². The molecule has 0 radical (unpaired) electrons. The van der Waals surface area contributed by atoms with Gasteiger partial charge in [-0.15, -0.1) is 0 Å². The van der Waals surface area contributed by atoms with Gasteiger partial charge in [-0.3, -0.25) is 4.79 Å². The van der Waals surface area contributed by atoms with Crippen molar-refractivity contribution >= 4 is 11.6 Å². The van der Waals surface area contributed by atoms with Gasteiger partial charge in [0, 0.05) is 5.69 Å². The van der Waals surface area contributed by atoms with Crippen molar-refractivity contribution in [1.29, 1.82) is 0 Å². The second-order valence-corrected chi connectivity index (χ2v) is 8.20. The fourth-order valence-corrected chi connectivity index (χ4v) is 3.02. The second kappa shape index (κ2) is 9.19. The van der Waals surface area contributed by atoms with E-state index in [1.54, 1.807) is 0 Å². The lowest BCUT2D eigenvalue weighted by atomic mass is 9.92. The molecular formula is C20H37N3O+2. The Morgan fingerprint density at radius 3 is 2.29 bits per heavy atom. The Morgan fingerprint density at radius 2 is 1.79 bits per heavy atom. The van der Waals surface area contributed by atoms with E-state index in [-0.39, 0.29) is 17.4 Å². The van der Waals surface area contributed by atoms with Crippen LogP contribution in [0.2, 0.25) is 0 Å². The van der Waals surface area contributed by atoms with Crippen LogP contribution in [0.25, 0.3) is 0 Å². The molecule has 0 aliphatic rings. The van der Waals surface area contributed by atoms with E-state index in [9.17, 15) is 4.79 Å². The average molecular weight is 336 g/mol. The highest BCUT2D eigenvalue weighted by atomic mass is 16.2. The number of carbonyl (C=O) groups is 1. The number of nitrogens with two attached hydrogens (primary N) is 1. The molecule has 0 unspecified atom stereocenters. The molecule has 4 nitrogen and oxygen atoms in total. The first-order valence-corrected chi connectivity index (χ1v) is 9.18. The number of carbonyl (C=O) groups excluding carboxylic acids is 1. The highest BCUT2D eigenvalue weighted by molar-refractivity contribution is 5.93. The summed E-state index contributed by atoms with van der Waals surface area (Å²) in [6.45, 7) is 12.9. The summed E-state index contributed by atoms with van der Waals surface area (Å²) in [6, 6.07) is 8.15. The average Bonchev–Trinajstić information content (AvgIpc) is 2.51. The smallest absolute Gasteiger partial charge is 0.282 e. The van der Waals surface area contributed by atoms with Gasteiger partial charge < -0.3 is 15.5 Å². The summed E-state index contributed by atoms with van der Waals surface area (Å²) in [5, 5.41) is 5.17. The SMILES string of the molecule is CC[C@H](C)c1ccc(NC(=O)[C@@H](C)[NH2+]CC(C)(C)C[NH+](C)C)cc1. The molecule has 0 aliphatic heterocycles. The van der Waals surface area contributed by atoms with Crippen molar-refractivity contribution in [1.82, 2.24) is 0 Å². The minimum atomic E-state index is -0.0873. The summed E-state index contributed by atoms with van der Waals surface area (Å²) < 4.78 is 0. The molecule has 24 heavy (non-hydrogen) atoms. The van der Waals surface area contributed by atoms with E-state index in [1.165, 1.54) is 10.5 Å². The Morgan fingerprint density at radius 1 is 1.21 bits per heavy atom. The maximum Gasteiger partial charge on any atom is 0.282 e. The zero-order chi connectivity index (χ0) is 18.3. The summed E-state index contributed by atoms with van der Waals surface area (Å²) in [5.74, 6) is 0.627. The summed E-state index contributed by atoms with van der Waals surface area (Å²) in [4.78, 5) is 13.8. The van der Waals surface area contributed by atoms with Gasteiger partial charge in [0.2, 0.25) is 0 Å². The van der Waals surface area contributed by atoms with Gasteiger partial charge >= 0.3 is 0 Å². The lowest BCUT2D eigenvalue weighted by Crippen LogP contribution is -3.08. The van der Waals surface area contributed by atoms with Crippen LogP contribution in [-0.2, 0) is 4.79 Å². The van der Waals surface area contributed by atoms with Crippen LogP contribution in [0.15, 0.2) is 24.3 Å². The number of amides is 1. The molecule has 1 amide bonds. The number of quaternary nitrogens is 2. The number of hydrogen-bond donors (Lipinski definition) is 3. The molecule has 4 N–H and O–H groups in total. The van der Waals surface area contributed by atoms with Crippen molar-refractivity contribution in [2.75, 3.05) is 32.5 Å². The van der Waals surface area contributed by atoms with Gasteiger partial charge in [-0.25, -0.2) is 0 Å². The molecule has 0 heterocycles. The highest BCUT2D eigenvalue weighted by Gasteiger charge is 2.26. The summed E-state index contributed by atoms with van der Waals surface area (Å²) >= 11 is 0. The third kappa shape index (κ3) is 7.02. The largest absolute Gasteiger partial charge is 0.339 e. The molecule has 2 atom stereocenters. The first kappa shape index (κ1) is 20.7. The third-order valence-corrected chi connectivity index (χ3v) is 4.63. The van der Waals surface area contributed by atoms with Crippen LogP contribution in [0.1, 0.15) is 52.5 Å². The topological polar surface area (TPSA) is 50.1 Å². The second-order valence-electron chi connectivity index (χ2n) is 8.20. The van der Waals surface area contributed by atoms with Gasteiger partial charge in [0.1, 0.15) is 0 Å². The van der Waals surface area contributed by atoms with E-state index >= 15 is 0 Å². The normalized spacial score (nSPS) is 14.5. The lowest BCUT2D eigenvalue weighted by molar-refractivity contribution is -0.868. The molecule has 0 saturated carbocycles. The van der Waals surface area contributed by atoms with Crippen LogP contribution in [0.3, 0.4) is 0 Å². The van der Waals surface area contributed by atoms with Crippen molar-refractivity contribution < 1.29 is 15.0 Å². The van der Waals surface area contributed by atoms with Gasteiger partial charge in [-0.1, -0.05) is 26.0 Å². The van der Waals surface area contributed by atoms with Gasteiger partial charge in [0.05, 0.1) is 32.6 Å². The van der Waals surface area contributed by atoms with Crippen molar-refractivity contribution in [2.24, 2.45) is 5.41 Å². The Balaban J connectivity index is 2.52. The summed E-state index contributed by atoms with van der Waals surface area (Å²) in [6.07, 6.45) is 1.13. The monoisotopic (exact) mass is 335 g/mol. The molecule has 0 aromatic heterocycles. The van der Waals surface area contributed by atoms with Crippen LogP contribution in [0.4, 0.5) is 5.69 Å². The van der Waals surface area contributed by atoms with Crippen LogP contribution in [0.5, 0.6) is 0 Å². The molecular weight excluding hydrogens is 298 g/mol. The molecule has 1 aromatic rings. The Bertz CT molecular complexity index is 508. The summed E-state index contributed by atoms with van der Waals surface area (Å²) in [7, 11) is 4.34. The van der Waals surface area contributed by atoms with Crippen molar-refractivity contribution in [3.8, 4) is 0 Å². The maximum atomic E-state index is 12.4.